The fraction of sp³-hybridized carbons (Fsp3) is 0.167. The monoisotopic (exact) mass is 258 g/mol. The summed E-state index contributed by atoms with van der Waals surface area (Å²) in [5, 5.41) is 20.4. The minimum absolute atomic E-state index is 0.141. The van der Waals surface area contributed by atoms with E-state index in [0.717, 1.165) is 0 Å². The summed E-state index contributed by atoms with van der Waals surface area (Å²) in [5.41, 5.74) is 0.371. The molecule has 2 N–H and O–H groups in total. The lowest BCUT2D eigenvalue weighted by atomic mass is 10.2. The highest BCUT2D eigenvalue weighted by atomic mass is 16.4. The Labute approximate surface area is 108 Å². The van der Waals surface area contributed by atoms with E-state index in [0.29, 0.717) is 17.3 Å². The molecule has 2 heterocycles. The summed E-state index contributed by atoms with van der Waals surface area (Å²) in [5.74, 6) is 0.298. The second-order valence-corrected chi connectivity index (χ2v) is 3.74. The molecule has 7 heteroatoms. The number of anilines is 1. The molecule has 0 aliphatic heterocycles. The zero-order chi connectivity index (χ0) is 13.8. The second kappa shape index (κ2) is 5.18. The van der Waals surface area contributed by atoms with Crippen LogP contribution in [0.4, 0.5) is 5.82 Å². The first-order valence-electron chi connectivity index (χ1n) is 5.39. The number of nitriles is 1. The van der Waals surface area contributed by atoms with Crippen molar-refractivity contribution in [3.63, 3.8) is 0 Å². The fourth-order valence-electron chi connectivity index (χ4n) is 1.50. The lowest BCUT2D eigenvalue weighted by Crippen LogP contribution is -2.01. The van der Waals surface area contributed by atoms with Gasteiger partial charge in [-0.25, -0.2) is 14.8 Å². The van der Waals surface area contributed by atoms with Crippen LogP contribution in [0.25, 0.3) is 0 Å². The van der Waals surface area contributed by atoms with E-state index in [1.165, 1.54) is 18.5 Å². The Hall–Kier alpha value is -2.88. The number of nitrogens with zero attached hydrogens (tertiary/aromatic N) is 3. The molecule has 0 spiro atoms. The summed E-state index contributed by atoms with van der Waals surface area (Å²) in [6, 6.07) is 3.33. The normalized spacial score (nSPS) is 9.89. The van der Waals surface area contributed by atoms with E-state index in [1.54, 1.807) is 6.92 Å². The molecule has 7 nitrogen and oxygen atoms in total. The summed E-state index contributed by atoms with van der Waals surface area (Å²) in [6.07, 6.45) is 2.77. The first-order valence-corrected chi connectivity index (χ1v) is 5.39. The number of aryl methyl sites for hydroxylation is 1. The van der Waals surface area contributed by atoms with E-state index >= 15 is 0 Å². The third-order valence-corrected chi connectivity index (χ3v) is 2.41. The lowest BCUT2D eigenvalue weighted by Gasteiger charge is -2.01. The van der Waals surface area contributed by atoms with Crippen LogP contribution < -0.4 is 5.32 Å². The Morgan fingerprint density at radius 1 is 1.53 bits per heavy atom. The highest BCUT2D eigenvalue weighted by molar-refractivity contribution is 5.88. The molecule has 0 unspecified atom stereocenters. The van der Waals surface area contributed by atoms with Gasteiger partial charge in [0.1, 0.15) is 29.0 Å². The van der Waals surface area contributed by atoms with E-state index in [-0.39, 0.29) is 17.8 Å². The van der Waals surface area contributed by atoms with Gasteiger partial charge in [0.25, 0.3) is 0 Å². The molecule has 2 rings (SSSR count). The number of hydrogen-bond donors (Lipinski definition) is 2. The van der Waals surface area contributed by atoms with Crippen molar-refractivity contribution in [3.05, 3.63) is 41.2 Å². The predicted molar refractivity (Wildman–Crippen MR) is 64.5 cm³/mol. The molecule has 0 fully saturated rings. The first kappa shape index (κ1) is 12.6. The van der Waals surface area contributed by atoms with Crippen molar-refractivity contribution < 1.29 is 14.3 Å². The molecule has 0 bridgehead atoms. The van der Waals surface area contributed by atoms with E-state index < -0.39 is 5.97 Å². The van der Waals surface area contributed by atoms with Crippen molar-refractivity contribution in [3.8, 4) is 6.07 Å². The molecule has 2 aromatic heterocycles. The molecule has 0 aromatic carbocycles. The number of nitrogens with one attached hydrogen (secondary N) is 1. The maximum atomic E-state index is 10.8. The third kappa shape index (κ3) is 2.87. The van der Waals surface area contributed by atoms with Crippen molar-refractivity contribution in [1.29, 1.82) is 5.26 Å². The van der Waals surface area contributed by atoms with Crippen LogP contribution in [0.1, 0.15) is 27.6 Å². The maximum Gasteiger partial charge on any atom is 0.339 e. The van der Waals surface area contributed by atoms with Crippen molar-refractivity contribution >= 4 is 11.8 Å². The Bertz CT molecular complexity index is 640. The van der Waals surface area contributed by atoms with E-state index in [9.17, 15) is 4.79 Å². The average Bonchev–Trinajstić information content (AvgIpc) is 2.78. The minimum atomic E-state index is -1.02. The fourth-order valence-corrected chi connectivity index (χ4v) is 1.50. The Morgan fingerprint density at radius 2 is 2.32 bits per heavy atom. The van der Waals surface area contributed by atoms with Crippen LogP contribution in [-0.2, 0) is 6.54 Å². The molecular weight excluding hydrogens is 248 g/mol. The molecule has 0 aliphatic rings. The standard InChI is InChI=1S/C12H10N4O3/c1-7-10(12(17)18)2-9(19-7)5-16-11-6-14-8(3-13)4-15-11/h2,4,6H,5H2,1H3,(H,15,16)(H,17,18). The van der Waals surface area contributed by atoms with Crippen molar-refractivity contribution in [2.75, 3.05) is 5.32 Å². The zero-order valence-electron chi connectivity index (χ0n) is 10.0. The van der Waals surface area contributed by atoms with Gasteiger partial charge in [-0.3, -0.25) is 0 Å². The molecule has 0 amide bonds. The van der Waals surface area contributed by atoms with Crippen molar-refractivity contribution in [2.24, 2.45) is 0 Å². The summed E-state index contributed by atoms with van der Waals surface area (Å²) in [7, 11) is 0. The topological polar surface area (TPSA) is 112 Å². The molecular formula is C12H10N4O3. The van der Waals surface area contributed by atoms with E-state index in [2.05, 4.69) is 15.3 Å². The van der Waals surface area contributed by atoms with E-state index in [1.807, 2.05) is 6.07 Å². The predicted octanol–water partition coefficient (Wildman–Crippen LogP) is 1.56. The van der Waals surface area contributed by atoms with Gasteiger partial charge in [-0.05, 0) is 13.0 Å². The third-order valence-electron chi connectivity index (χ3n) is 2.41. The van der Waals surface area contributed by atoms with Gasteiger partial charge < -0.3 is 14.8 Å². The molecule has 0 radical (unpaired) electrons. The largest absolute Gasteiger partial charge is 0.478 e. The summed E-state index contributed by atoms with van der Waals surface area (Å²) < 4.78 is 5.30. The van der Waals surface area contributed by atoms with Gasteiger partial charge >= 0.3 is 5.97 Å². The lowest BCUT2D eigenvalue weighted by molar-refractivity contribution is 0.0695. The van der Waals surface area contributed by atoms with Gasteiger partial charge in [-0.1, -0.05) is 0 Å². The Balaban J connectivity index is 2.04. The summed E-state index contributed by atoms with van der Waals surface area (Å²) in [6.45, 7) is 1.88. The van der Waals surface area contributed by atoms with Gasteiger partial charge in [0.2, 0.25) is 0 Å². The summed E-state index contributed by atoms with van der Waals surface area (Å²) >= 11 is 0. The van der Waals surface area contributed by atoms with Crippen molar-refractivity contribution in [1.82, 2.24) is 9.97 Å². The van der Waals surface area contributed by atoms with Crippen LogP contribution in [0.5, 0.6) is 0 Å². The van der Waals surface area contributed by atoms with E-state index in [4.69, 9.17) is 14.8 Å². The van der Waals surface area contributed by atoms with Crippen LogP contribution >= 0.6 is 0 Å². The average molecular weight is 258 g/mol. The molecule has 0 atom stereocenters. The first-order chi connectivity index (χ1) is 9.10. The minimum Gasteiger partial charge on any atom is -0.478 e. The van der Waals surface area contributed by atoms with Gasteiger partial charge in [0, 0.05) is 0 Å². The Morgan fingerprint density at radius 3 is 2.84 bits per heavy atom. The van der Waals surface area contributed by atoms with Crippen LogP contribution in [0.3, 0.4) is 0 Å². The maximum absolute atomic E-state index is 10.8. The number of carboxylic acid groups (broad SMARTS) is 1. The molecule has 96 valence electrons. The number of aromatic nitrogens is 2. The SMILES string of the molecule is Cc1oc(CNc2cnc(C#N)cn2)cc1C(=O)O. The number of hydrogen-bond acceptors (Lipinski definition) is 6. The van der Waals surface area contributed by atoms with Gasteiger partial charge in [0.05, 0.1) is 18.9 Å². The van der Waals surface area contributed by atoms with Crippen LogP contribution in [0.2, 0.25) is 0 Å². The van der Waals surface area contributed by atoms with Gasteiger partial charge in [-0.15, -0.1) is 0 Å². The zero-order valence-corrected chi connectivity index (χ0v) is 10.0. The number of carbonyl (C=O) groups is 1. The molecule has 2 aromatic rings. The highest BCUT2D eigenvalue weighted by Crippen LogP contribution is 2.15. The molecule has 19 heavy (non-hydrogen) atoms. The number of furan rings is 1. The number of aromatic carboxylic acids is 1. The van der Waals surface area contributed by atoms with Gasteiger partial charge in [-0.2, -0.15) is 5.26 Å². The van der Waals surface area contributed by atoms with Crippen LogP contribution in [-0.4, -0.2) is 21.0 Å². The molecule has 0 saturated carbocycles. The van der Waals surface area contributed by atoms with Crippen LogP contribution in [0.15, 0.2) is 22.9 Å². The smallest absolute Gasteiger partial charge is 0.339 e. The number of carboxylic acids is 1. The van der Waals surface area contributed by atoms with Crippen molar-refractivity contribution in [2.45, 2.75) is 13.5 Å². The molecule has 0 aliphatic carbocycles. The molecule has 0 saturated heterocycles. The Kier molecular flexibility index (Phi) is 3.43. The van der Waals surface area contributed by atoms with Crippen LogP contribution in [0, 0.1) is 18.3 Å². The quantitative estimate of drug-likeness (QED) is 0.855. The number of rotatable bonds is 4. The summed E-state index contributed by atoms with van der Waals surface area (Å²) in [4.78, 5) is 18.7. The highest BCUT2D eigenvalue weighted by Gasteiger charge is 2.13. The van der Waals surface area contributed by atoms with Gasteiger partial charge in [0.15, 0.2) is 5.69 Å². The second-order valence-electron chi connectivity index (χ2n) is 3.74.